The Bertz CT molecular complexity index is 1060. The van der Waals surface area contributed by atoms with Crippen LogP contribution in [0.5, 0.6) is 0 Å². The van der Waals surface area contributed by atoms with Gasteiger partial charge in [-0.15, -0.1) is 0 Å². The van der Waals surface area contributed by atoms with Crippen molar-refractivity contribution in [1.82, 2.24) is 14.6 Å². The molecule has 2 aromatic carbocycles. The number of benzene rings is 2. The summed E-state index contributed by atoms with van der Waals surface area (Å²) in [4.78, 5) is 17.1. The first-order chi connectivity index (χ1) is 11.3. The molecule has 0 N–H and O–H groups in total. The van der Waals surface area contributed by atoms with Crippen molar-refractivity contribution in [2.75, 3.05) is 0 Å². The summed E-state index contributed by atoms with van der Waals surface area (Å²) >= 11 is 1.60. The van der Waals surface area contributed by atoms with E-state index in [1.54, 1.807) is 15.9 Å². The van der Waals surface area contributed by atoms with Gasteiger partial charge < -0.3 is 0 Å². The third kappa shape index (κ3) is 2.00. The number of hydrogen-bond donors (Lipinski definition) is 0. The van der Waals surface area contributed by atoms with E-state index in [4.69, 9.17) is 0 Å². The maximum absolute atomic E-state index is 11.6. The number of carbonyl (C=O) groups is 1. The largest absolute Gasteiger partial charge is 0.296 e. The van der Waals surface area contributed by atoms with Gasteiger partial charge in [0, 0.05) is 11.5 Å². The van der Waals surface area contributed by atoms with Crippen LogP contribution in [0.2, 0.25) is 0 Å². The van der Waals surface area contributed by atoms with Crippen LogP contribution >= 0.6 is 11.3 Å². The Hall–Kier alpha value is -2.53. The second-order valence-electron chi connectivity index (χ2n) is 5.93. The van der Waals surface area contributed by atoms with E-state index in [0.717, 1.165) is 27.2 Å². The molecule has 1 saturated carbocycles. The summed E-state index contributed by atoms with van der Waals surface area (Å²) in [6, 6.07) is 14.4. The van der Waals surface area contributed by atoms with Crippen LogP contribution in [0.25, 0.3) is 27.0 Å². The fourth-order valence-corrected chi connectivity index (χ4v) is 4.00. The highest BCUT2D eigenvalue weighted by atomic mass is 32.1. The van der Waals surface area contributed by atoms with Gasteiger partial charge in [0.1, 0.15) is 16.4 Å². The lowest BCUT2D eigenvalue weighted by Gasteiger charge is -2.02. The quantitative estimate of drug-likeness (QED) is 0.529. The Morgan fingerprint density at radius 3 is 2.74 bits per heavy atom. The zero-order valence-electron chi connectivity index (χ0n) is 12.3. The summed E-state index contributed by atoms with van der Waals surface area (Å²) in [5.41, 5.74) is 2.21. The Labute approximate surface area is 136 Å². The molecule has 23 heavy (non-hydrogen) atoms. The minimum Gasteiger partial charge on any atom is -0.296 e. The fourth-order valence-electron chi connectivity index (χ4n) is 2.93. The molecule has 5 heteroatoms. The SMILES string of the molecule is O=Cc1c(-c2ccc3ccccc3c2)nc2sc(C3CC3)nn12. The van der Waals surface area contributed by atoms with Gasteiger partial charge in [-0.05, 0) is 29.7 Å². The highest BCUT2D eigenvalue weighted by Gasteiger charge is 2.29. The van der Waals surface area contributed by atoms with Crippen molar-refractivity contribution in [2.45, 2.75) is 18.8 Å². The third-order valence-electron chi connectivity index (χ3n) is 4.31. The minimum atomic E-state index is 0.540. The number of hydrogen-bond acceptors (Lipinski definition) is 4. The van der Waals surface area contributed by atoms with Crippen molar-refractivity contribution >= 4 is 33.4 Å². The van der Waals surface area contributed by atoms with Gasteiger partial charge in [0.05, 0.1) is 0 Å². The normalized spacial score (nSPS) is 14.6. The van der Waals surface area contributed by atoms with Gasteiger partial charge in [0.25, 0.3) is 0 Å². The summed E-state index contributed by atoms with van der Waals surface area (Å²) < 4.78 is 1.70. The molecule has 0 radical (unpaired) electrons. The van der Waals surface area contributed by atoms with Crippen LogP contribution in [0.3, 0.4) is 0 Å². The van der Waals surface area contributed by atoms with Crippen LogP contribution in [0.15, 0.2) is 42.5 Å². The summed E-state index contributed by atoms with van der Waals surface area (Å²) in [5, 5.41) is 8.02. The number of carbonyl (C=O) groups excluding carboxylic acids is 1. The van der Waals surface area contributed by atoms with Crippen molar-refractivity contribution in [2.24, 2.45) is 0 Å². The summed E-state index contributed by atoms with van der Waals surface area (Å²) in [5.74, 6) is 0.574. The molecule has 2 heterocycles. The Kier molecular flexibility index (Phi) is 2.67. The predicted molar refractivity (Wildman–Crippen MR) is 91.2 cm³/mol. The fraction of sp³-hybridized carbons (Fsp3) is 0.167. The van der Waals surface area contributed by atoms with Crippen LogP contribution in [-0.4, -0.2) is 20.9 Å². The number of fused-ring (bicyclic) bond motifs is 2. The first-order valence-electron chi connectivity index (χ1n) is 7.67. The number of imidazole rings is 1. The zero-order valence-corrected chi connectivity index (χ0v) is 13.1. The second kappa shape index (κ2) is 4.73. The second-order valence-corrected chi connectivity index (χ2v) is 6.92. The average molecular weight is 319 g/mol. The summed E-state index contributed by atoms with van der Waals surface area (Å²) in [6.45, 7) is 0. The maximum Gasteiger partial charge on any atom is 0.213 e. The number of aromatic nitrogens is 3. The molecule has 0 aliphatic heterocycles. The smallest absolute Gasteiger partial charge is 0.213 e. The Morgan fingerprint density at radius 2 is 1.96 bits per heavy atom. The van der Waals surface area contributed by atoms with E-state index in [2.05, 4.69) is 34.3 Å². The standard InChI is InChI=1S/C18H13N3OS/c22-10-15-16(14-8-5-11-3-1-2-4-13(11)9-14)19-18-21(15)20-17(23-18)12-6-7-12/h1-5,8-10,12H,6-7H2. The van der Waals surface area contributed by atoms with E-state index in [0.29, 0.717) is 17.3 Å². The Morgan fingerprint density at radius 1 is 1.13 bits per heavy atom. The first-order valence-corrected chi connectivity index (χ1v) is 8.49. The van der Waals surface area contributed by atoms with Crippen LogP contribution < -0.4 is 0 Å². The van der Waals surface area contributed by atoms with Crippen molar-refractivity contribution in [3.8, 4) is 11.3 Å². The van der Waals surface area contributed by atoms with E-state index >= 15 is 0 Å². The maximum atomic E-state index is 11.6. The molecule has 4 aromatic rings. The molecule has 0 amide bonds. The highest BCUT2D eigenvalue weighted by Crippen LogP contribution is 2.42. The molecule has 1 fully saturated rings. The highest BCUT2D eigenvalue weighted by molar-refractivity contribution is 7.16. The van der Waals surface area contributed by atoms with E-state index in [-0.39, 0.29) is 0 Å². The van der Waals surface area contributed by atoms with Crippen LogP contribution in [0, 0.1) is 0 Å². The van der Waals surface area contributed by atoms with Gasteiger partial charge in [0.15, 0.2) is 6.29 Å². The van der Waals surface area contributed by atoms with Crippen LogP contribution in [-0.2, 0) is 0 Å². The van der Waals surface area contributed by atoms with Gasteiger partial charge in [0.2, 0.25) is 4.96 Å². The molecular weight excluding hydrogens is 306 g/mol. The summed E-state index contributed by atoms with van der Waals surface area (Å²) in [7, 11) is 0. The van der Waals surface area contributed by atoms with E-state index in [1.165, 1.54) is 18.2 Å². The van der Waals surface area contributed by atoms with E-state index < -0.39 is 0 Å². The number of aldehydes is 1. The van der Waals surface area contributed by atoms with Crippen molar-refractivity contribution in [3.05, 3.63) is 53.2 Å². The van der Waals surface area contributed by atoms with Crippen LogP contribution in [0.1, 0.15) is 34.3 Å². The first kappa shape index (κ1) is 13.0. The molecule has 5 rings (SSSR count). The number of nitrogens with zero attached hydrogens (tertiary/aromatic N) is 3. The Balaban J connectivity index is 1.70. The molecule has 112 valence electrons. The van der Waals surface area contributed by atoms with Crippen molar-refractivity contribution < 1.29 is 4.79 Å². The topological polar surface area (TPSA) is 47.3 Å². The molecule has 0 atom stereocenters. The monoisotopic (exact) mass is 319 g/mol. The molecule has 0 unspecified atom stereocenters. The van der Waals surface area contributed by atoms with Crippen LogP contribution in [0.4, 0.5) is 0 Å². The molecule has 1 aliphatic carbocycles. The van der Waals surface area contributed by atoms with E-state index in [1.807, 2.05) is 18.2 Å². The molecule has 2 aromatic heterocycles. The van der Waals surface area contributed by atoms with Crippen molar-refractivity contribution in [1.29, 1.82) is 0 Å². The molecular formula is C18H13N3OS. The lowest BCUT2D eigenvalue weighted by molar-refractivity contribution is 0.111. The zero-order chi connectivity index (χ0) is 15.4. The predicted octanol–water partition coefficient (Wildman–Crippen LogP) is 4.30. The van der Waals surface area contributed by atoms with Crippen molar-refractivity contribution in [3.63, 3.8) is 0 Å². The average Bonchev–Trinajstić information content (AvgIpc) is 3.26. The molecule has 1 aliphatic rings. The molecule has 0 spiro atoms. The van der Waals surface area contributed by atoms with Gasteiger partial charge in [-0.3, -0.25) is 4.79 Å². The van der Waals surface area contributed by atoms with E-state index in [9.17, 15) is 4.79 Å². The van der Waals surface area contributed by atoms with Gasteiger partial charge >= 0.3 is 0 Å². The number of rotatable bonds is 3. The molecule has 0 saturated heterocycles. The molecule has 0 bridgehead atoms. The molecule has 4 nitrogen and oxygen atoms in total. The lowest BCUT2D eigenvalue weighted by Crippen LogP contribution is -1.94. The minimum absolute atomic E-state index is 0.540. The lowest BCUT2D eigenvalue weighted by atomic mass is 10.0. The third-order valence-corrected chi connectivity index (χ3v) is 5.39. The van der Waals surface area contributed by atoms with Gasteiger partial charge in [-0.2, -0.15) is 9.61 Å². The summed E-state index contributed by atoms with van der Waals surface area (Å²) in [6.07, 6.45) is 3.26. The van der Waals surface area contributed by atoms with Gasteiger partial charge in [-0.1, -0.05) is 47.7 Å². The van der Waals surface area contributed by atoms with Gasteiger partial charge in [-0.25, -0.2) is 4.98 Å².